The zero-order chi connectivity index (χ0) is 14.8. The van der Waals surface area contributed by atoms with Gasteiger partial charge in [-0.1, -0.05) is 12.1 Å². The van der Waals surface area contributed by atoms with Gasteiger partial charge >= 0.3 is 0 Å². The molecule has 4 rings (SSSR count). The van der Waals surface area contributed by atoms with Crippen LogP contribution in [0.5, 0.6) is 0 Å². The smallest absolute Gasteiger partial charge is 0.227 e. The highest BCUT2D eigenvalue weighted by atomic mass is 16.5. The number of fused-ring (bicyclic) bond motifs is 1. The molecule has 0 saturated carbocycles. The standard InChI is InChI=1S/C17H22N4O/c1-2-8-15-14(7-1)16(18-12-13-6-5-11-22-13)20-17(19-15)21-9-3-4-10-21/h1-2,7-8,13H,3-6,9-12H2,(H,18,19,20). The molecule has 2 aromatic rings. The molecule has 3 heterocycles. The fourth-order valence-electron chi connectivity index (χ4n) is 3.27. The maximum atomic E-state index is 5.70. The van der Waals surface area contributed by atoms with Gasteiger partial charge in [-0.15, -0.1) is 0 Å². The van der Waals surface area contributed by atoms with Gasteiger partial charge in [0.05, 0.1) is 11.6 Å². The van der Waals surface area contributed by atoms with Gasteiger partial charge in [0.25, 0.3) is 0 Å². The number of para-hydroxylation sites is 1. The van der Waals surface area contributed by atoms with Crippen LogP contribution in [0.3, 0.4) is 0 Å². The lowest BCUT2D eigenvalue weighted by Gasteiger charge is -2.18. The molecule has 5 heteroatoms. The predicted molar refractivity (Wildman–Crippen MR) is 88.4 cm³/mol. The van der Waals surface area contributed by atoms with Crippen LogP contribution in [0.25, 0.3) is 10.9 Å². The van der Waals surface area contributed by atoms with E-state index in [0.29, 0.717) is 6.10 Å². The number of nitrogens with one attached hydrogen (secondary N) is 1. The highest BCUT2D eigenvalue weighted by Crippen LogP contribution is 2.25. The maximum Gasteiger partial charge on any atom is 0.227 e. The quantitative estimate of drug-likeness (QED) is 0.940. The molecule has 116 valence electrons. The Morgan fingerprint density at radius 2 is 2.00 bits per heavy atom. The Bertz CT molecular complexity index is 648. The summed E-state index contributed by atoms with van der Waals surface area (Å²) in [6, 6.07) is 8.22. The normalized spacial score (nSPS) is 21.6. The van der Waals surface area contributed by atoms with Gasteiger partial charge in [-0.25, -0.2) is 4.98 Å². The summed E-state index contributed by atoms with van der Waals surface area (Å²) >= 11 is 0. The summed E-state index contributed by atoms with van der Waals surface area (Å²) in [5.74, 6) is 1.79. The molecule has 1 atom stereocenters. The number of anilines is 2. The molecule has 0 amide bonds. The Morgan fingerprint density at radius 1 is 1.14 bits per heavy atom. The highest BCUT2D eigenvalue weighted by molar-refractivity contribution is 5.90. The van der Waals surface area contributed by atoms with E-state index in [-0.39, 0.29) is 0 Å². The molecule has 0 spiro atoms. The zero-order valence-corrected chi connectivity index (χ0v) is 12.8. The Hall–Kier alpha value is -1.88. The first-order chi connectivity index (χ1) is 10.9. The Labute approximate surface area is 130 Å². The minimum atomic E-state index is 0.309. The van der Waals surface area contributed by atoms with E-state index >= 15 is 0 Å². The van der Waals surface area contributed by atoms with Gasteiger partial charge in [-0.2, -0.15) is 4.98 Å². The summed E-state index contributed by atoms with van der Waals surface area (Å²) in [7, 11) is 0. The van der Waals surface area contributed by atoms with E-state index in [2.05, 4.69) is 22.3 Å². The fourth-order valence-corrected chi connectivity index (χ4v) is 3.27. The minimum absolute atomic E-state index is 0.309. The summed E-state index contributed by atoms with van der Waals surface area (Å²) in [6.45, 7) is 3.82. The number of hydrogen-bond donors (Lipinski definition) is 1. The summed E-state index contributed by atoms with van der Waals surface area (Å²) in [6.07, 6.45) is 5.07. The summed E-state index contributed by atoms with van der Waals surface area (Å²) in [5.41, 5.74) is 1.01. The van der Waals surface area contributed by atoms with Crippen LogP contribution in [-0.2, 0) is 4.74 Å². The highest BCUT2D eigenvalue weighted by Gasteiger charge is 2.19. The lowest BCUT2D eigenvalue weighted by molar-refractivity contribution is 0.120. The topological polar surface area (TPSA) is 50.3 Å². The maximum absolute atomic E-state index is 5.70. The third-order valence-corrected chi connectivity index (χ3v) is 4.50. The van der Waals surface area contributed by atoms with Gasteiger partial charge in [-0.05, 0) is 37.8 Å². The van der Waals surface area contributed by atoms with Crippen LogP contribution < -0.4 is 10.2 Å². The molecule has 1 aromatic heterocycles. The second-order valence-electron chi connectivity index (χ2n) is 6.10. The molecule has 2 saturated heterocycles. The summed E-state index contributed by atoms with van der Waals surface area (Å²) in [4.78, 5) is 11.8. The van der Waals surface area contributed by atoms with E-state index in [0.717, 1.165) is 61.8 Å². The van der Waals surface area contributed by atoms with Crippen LogP contribution >= 0.6 is 0 Å². The predicted octanol–water partition coefficient (Wildman–Crippen LogP) is 2.82. The fraction of sp³-hybridized carbons (Fsp3) is 0.529. The number of benzene rings is 1. The van der Waals surface area contributed by atoms with Crippen molar-refractivity contribution in [1.82, 2.24) is 9.97 Å². The van der Waals surface area contributed by atoms with Crippen molar-refractivity contribution < 1.29 is 4.74 Å². The molecule has 2 fully saturated rings. The van der Waals surface area contributed by atoms with Crippen LogP contribution in [0.1, 0.15) is 25.7 Å². The third-order valence-electron chi connectivity index (χ3n) is 4.50. The second-order valence-corrected chi connectivity index (χ2v) is 6.10. The van der Waals surface area contributed by atoms with Gasteiger partial charge in [0.1, 0.15) is 5.82 Å². The lowest BCUT2D eigenvalue weighted by atomic mass is 10.2. The van der Waals surface area contributed by atoms with E-state index in [1.807, 2.05) is 12.1 Å². The monoisotopic (exact) mass is 298 g/mol. The van der Waals surface area contributed by atoms with E-state index in [9.17, 15) is 0 Å². The van der Waals surface area contributed by atoms with E-state index in [4.69, 9.17) is 14.7 Å². The van der Waals surface area contributed by atoms with Gasteiger partial charge in [0.2, 0.25) is 5.95 Å². The van der Waals surface area contributed by atoms with Gasteiger partial charge in [0, 0.05) is 31.6 Å². The zero-order valence-electron chi connectivity index (χ0n) is 12.8. The molecule has 1 unspecified atom stereocenters. The molecule has 1 aromatic carbocycles. The Kier molecular flexibility index (Phi) is 3.81. The van der Waals surface area contributed by atoms with Crippen LogP contribution in [0, 0.1) is 0 Å². The van der Waals surface area contributed by atoms with E-state index in [1.54, 1.807) is 0 Å². The molecule has 1 N–H and O–H groups in total. The molecule has 22 heavy (non-hydrogen) atoms. The van der Waals surface area contributed by atoms with Crippen LogP contribution in [0.4, 0.5) is 11.8 Å². The third kappa shape index (κ3) is 2.73. The van der Waals surface area contributed by atoms with Crippen molar-refractivity contribution in [3.05, 3.63) is 24.3 Å². The van der Waals surface area contributed by atoms with Crippen molar-refractivity contribution >= 4 is 22.7 Å². The van der Waals surface area contributed by atoms with Crippen LogP contribution in [0.15, 0.2) is 24.3 Å². The summed E-state index contributed by atoms with van der Waals surface area (Å²) < 4.78 is 5.70. The minimum Gasteiger partial charge on any atom is -0.376 e. The first kappa shape index (κ1) is 13.8. The second kappa shape index (κ2) is 6.08. The summed E-state index contributed by atoms with van der Waals surface area (Å²) in [5, 5.41) is 4.58. The van der Waals surface area contributed by atoms with Crippen molar-refractivity contribution in [2.24, 2.45) is 0 Å². The van der Waals surface area contributed by atoms with Gasteiger partial charge in [-0.3, -0.25) is 0 Å². The number of hydrogen-bond acceptors (Lipinski definition) is 5. The van der Waals surface area contributed by atoms with Gasteiger partial charge < -0.3 is 15.0 Å². The first-order valence-electron chi connectivity index (χ1n) is 8.27. The van der Waals surface area contributed by atoms with Crippen molar-refractivity contribution in [3.63, 3.8) is 0 Å². The largest absolute Gasteiger partial charge is 0.376 e. The SMILES string of the molecule is c1ccc2c(NCC3CCCO3)nc(N3CCCC3)nc2c1. The van der Waals surface area contributed by atoms with Crippen molar-refractivity contribution in [1.29, 1.82) is 0 Å². The molecule has 0 bridgehead atoms. The first-order valence-corrected chi connectivity index (χ1v) is 8.27. The Morgan fingerprint density at radius 3 is 2.82 bits per heavy atom. The van der Waals surface area contributed by atoms with Crippen LogP contribution in [0.2, 0.25) is 0 Å². The number of aromatic nitrogens is 2. The number of nitrogens with zero attached hydrogens (tertiary/aromatic N) is 3. The number of rotatable bonds is 4. The molecule has 2 aliphatic rings. The molecular weight excluding hydrogens is 276 g/mol. The average molecular weight is 298 g/mol. The van der Waals surface area contributed by atoms with E-state index < -0.39 is 0 Å². The van der Waals surface area contributed by atoms with Crippen molar-refractivity contribution in [2.45, 2.75) is 31.8 Å². The Balaban J connectivity index is 1.64. The van der Waals surface area contributed by atoms with Crippen molar-refractivity contribution in [3.8, 4) is 0 Å². The molecule has 5 nitrogen and oxygen atoms in total. The molecule has 2 aliphatic heterocycles. The van der Waals surface area contributed by atoms with Crippen molar-refractivity contribution in [2.75, 3.05) is 36.5 Å². The van der Waals surface area contributed by atoms with Gasteiger partial charge in [0.15, 0.2) is 0 Å². The van der Waals surface area contributed by atoms with E-state index in [1.165, 1.54) is 12.8 Å². The molecular formula is C17H22N4O. The lowest BCUT2D eigenvalue weighted by Crippen LogP contribution is -2.23. The molecule has 0 aliphatic carbocycles. The molecule has 0 radical (unpaired) electrons. The average Bonchev–Trinajstić information content (AvgIpc) is 3.25. The van der Waals surface area contributed by atoms with Crippen LogP contribution in [-0.4, -0.2) is 42.3 Å². The number of ether oxygens (including phenoxy) is 1.